The maximum absolute atomic E-state index is 3.58. The molecule has 3 unspecified atom stereocenters. The van der Waals surface area contributed by atoms with Crippen LogP contribution in [0.4, 0.5) is 0 Å². The van der Waals surface area contributed by atoms with E-state index in [-0.39, 0.29) is 0 Å². The lowest BCUT2D eigenvalue weighted by Gasteiger charge is -2.37. The molecule has 3 fully saturated rings. The molecule has 98 valence electrons. The molecular formula is C14H27N3. The maximum atomic E-state index is 3.58. The molecule has 3 nitrogen and oxygen atoms in total. The zero-order chi connectivity index (χ0) is 11.7. The number of fused-ring (bicyclic) bond motifs is 1. The van der Waals surface area contributed by atoms with Crippen LogP contribution in [-0.4, -0.2) is 60.6 Å². The molecule has 0 aromatic carbocycles. The van der Waals surface area contributed by atoms with Crippen molar-refractivity contribution >= 4 is 0 Å². The summed E-state index contributed by atoms with van der Waals surface area (Å²) >= 11 is 0. The molecule has 3 saturated heterocycles. The fourth-order valence-corrected chi connectivity index (χ4v) is 4.00. The first kappa shape index (κ1) is 11.9. The summed E-state index contributed by atoms with van der Waals surface area (Å²) in [5, 5.41) is 3.58. The molecule has 3 heteroatoms. The Bertz CT molecular complexity index is 256. The van der Waals surface area contributed by atoms with Crippen LogP contribution in [0.25, 0.3) is 0 Å². The van der Waals surface area contributed by atoms with E-state index in [0.29, 0.717) is 0 Å². The van der Waals surface area contributed by atoms with Crippen LogP contribution in [0.2, 0.25) is 0 Å². The highest BCUT2D eigenvalue weighted by Crippen LogP contribution is 2.25. The smallest absolute Gasteiger partial charge is 0.0223 e. The zero-order valence-corrected chi connectivity index (χ0v) is 11.2. The van der Waals surface area contributed by atoms with Crippen molar-refractivity contribution in [3.8, 4) is 0 Å². The second-order valence-electron chi connectivity index (χ2n) is 6.21. The van der Waals surface area contributed by atoms with Gasteiger partial charge in [0, 0.05) is 24.7 Å². The normalized spacial score (nSPS) is 41.1. The molecule has 3 rings (SSSR count). The number of hydrogen-bond donors (Lipinski definition) is 1. The minimum atomic E-state index is 0.719. The fraction of sp³-hybridized carbons (Fsp3) is 1.00. The minimum Gasteiger partial charge on any atom is -0.314 e. The van der Waals surface area contributed by atoms with Crippen molar-refractivity contribution in [3.05, 3.63) is 0 Å². The Labute approximate surface area is 106 Å². The van der Waals surface area contributed by atoms with E-state index in [9.17, 15) is 0 Å². The fourth-order valence-electron chi connectivity index (χ4n) is 4.00. The Kier molecular flexibility index (Phi) is 3.69. The molecule has 0 bridgehead atoms. The molecule has 3 aliphatic rings. The number of nitrogens with zero attached hydrogens (tertiary/aromatic N) is 2. The quantitative estimate of drug-likeness (QED) is 0.741. The van der Waals surface area contributed by atoms with Gasteiger partial charge in [-0.15, -0.1) is 0 Å². The highest BCUT2D eigenvalue weighted by atomic mass is 15.3. The van der Waals surface area contributed by atoms with Crippen LogP contribution in [0.3, 0.4) is 0 Å². The van der Waals surface area contributed by atoms with Crippen LogP contribution >= 0.6 is 0 Å². The second kappa shape index (κ2) is 5.25. The molecule has 3 heterocycles. The summed E-state index contributed by atoms with van der Waals surface area (Å²) in [4.78, 5) is 5.55. The monoisotopic (exact) mass is 237 g/mol. The molecule has 1 N–H and O–H groups in total. The third-order valence-electron chi connectivity index (χ3n) is 4.95. The average molecular weight is 237 g/mol. The van der Waals surface area contributed by atoms with E-state index in [2.05, 4.69) is 22.0 Å². The molecule has 0 amide bonds. The Morgan fingerprint density at radius 2 is 1.76 bits per heavy atom. The lowest BCUT2D eigenvalue weighted by Crippen LogP contribution is -2.49. The standard InChI is InChI=1S/C14H27N3/c1-12-10-13(5-6-15-12)17-9-3-8-16-7-2-4-14(16)11-17/h12-15H,2-11H2,1H3. The third-order valence-corrected chi connectivity index (χ3v) is 4.95. The van der Waals surface area contributed by atoms with Crippen LogP contribution in [0.5, 0.6) is 0 Å². The topological polar surface area (TPSA) is 18.5 Å². The van der Waals surface area contributed by atoms with Gasteiger partial charge >= 0.3 is 0 Å². The molecule has 3 aliphatic heterocycles. The van der Waals surface area contributed by atoms with Crippen molar-refractivity contribution < 1.29 is 0 Å². The number of rotatable bonds is 1. The first-order valence-electron chi connectivity index (χ1n) is 7.54. The van der Waals surface area contributed by atoms with E-state index in [1.54, 1.807) is 0 Å². The lowest BCUT2D eigenvalue weighted by atomic mass is 9.98. The summed E-state index contributed by atoms with van der Waals surface area (Å²) in [6, 6.07) is 2.45. The summed E-state index contributed by atoms with van der Waals surface area (Å²) in [6.07, 6.45) is 6.97. The van der Waals surface area contributed by atoms with Gasteiger partial charge in [-0.25, -0.2) is 0 Å². The molecular weight excluding hydrogens is 210 g/mol. The van der Waals surface area contributed by atoms with Crippen molar-refractivity contribution in [2.45, 2.75) is 57.2 Å². The van der Waals surface area contributed by atoms with Crippen LogP contribution in [-0.2, 0) is 0 Å². The molecule has 3 atom stereocenters. The van der Waals surface area contributed by atoms with Gasteiger partial charge in [0.2, 0.25) is 0 Å². The second-order valence-corrected chi connectivity index (χ2v) is 6.21. The minimum absolute atomic E-state index is 0.719. The number of piperidine rings is 1. The van der Waals surface area contributed by atoms with Crippen molar-refractivity contribution in [1.82, 2.24) is 15.1 Å². The van der Waals surface area contributed by atoms with E-state index in [1.165, 1.54) is 64.8 Å². The molecule has 0 aromatic rings. The van der Waals surface area contributed by atoms with Gasteiger partial charge in [-0.2, -0.15) is 0 Å². The summed E-state index contributed by atoms with van der Waals surface area (Å²) in [5.41, 5.74) is 0. The van der Waals surface area contributed by atoms with Gasteiger partial charge in [0.05, 0.1) is 0 Å². The Morgan fingerprint density at radius 1 is 0.941 bits per heavy atom. The summed E-state index contributed by atoms with van der Waals surface area (Å²) in [5.74, 6) is 0. The molecule has 0 aromatic heterocycles. The first-order valence-corrected chi connectivity index (χ1v) is 7.54. The van der Waals surface area contributed by atoms with Gasteiger partial charge in [0.1, 0.15) is 0 Å². The predicted octanol–water partition coefficient (Wildman–Crippen LogP) is 1.30. The highest BCUT2D eigenvalue weighted by Gasteiger charge is 2.32. The lowest BCUT2D eigenvalue weighted by molar-refractivity contribution is 0.134. The third kappa shape index (κ3) is 2.67. The van der Waals surface area contributed by atoms with E-state index in [1.807, 2.05) is 0 Å². The van der Waals surface area contributed by atoms with Crippen molar-refractivity contribution in [1.29, 1.82) is 0 Å². The van der Waals surface area contributed by atoms with Crippen molar-refractivity contribution in [3.63, 3.8) is 0 Å². The van der Waals surface area contributed by atoms with Crippen LogP contribution in [0, 0.1) is 0 Å². The van der Waals surface area contributed by atoms with E-state index < -0.39 is 0 Å². The molecule has 0 spiro atoms. The van der Waals surface area contributed by atoms with Gasteiger partial charge in [-0.3, -0.25) is 9.80 Å². The first-order chi connectivity index (χ1) is 8.33. The van der Waals surface area contributed by atoms with Crippen molar-refractivity contribution in [2.24, 2.45) is 0 Å². The van der Waals surface area contributed by atoms with Crippen molar-refractivity contribution in [2.75, 3.05) is 32.7 Å². The van der Waals surface area contributed by atoms with Crippen LogP contribution in [0.15, 0.2) is 0 Å². The SMILES string of the molecule is CC1CC(N2CCCN3CCCC3C2)CCN1. The van der Waals surface area contributed by atoms with Gasteiger partial charge in [0.15, 0.2) is 0 Å². The molecule has 0 radical (unpaired) electrons. The maximum Gasteiger partial charge on any atom is 0.0223 e. The molecule has 17 heavy (non-hydrogen) atoms. The summed E-state index contributed by atoms with van der Waals surface area (Å²) in [7, 11) is 0. The van der Waals surface area contributed by atoms with E-state index in [4.69, 9.17) is 0 Å². The van der Waals surface area contributed by atoms with Gasteiger partial charge in [0.25, 0.3) is 0 Å². The van der Waals surface area contributed by atoms with E-state index >= 15 is 0 Å². The summed E-state index contributed by atoms with van der Waals surface area (Å²) < 4.78 is 0. The van der Waals surface area contributed by atoms with Gasteiger partial charge in [-0.1, -0.05) is 0 Å². The number of hydrogen-bond acceptors (Lipinski definition) is 3. The zero-order valence-electron chi connectivity index (χ0n) is 11.2. The highest BCUT2D eigenvalue weighted by molar-refractivity contribution is 4.89. The van der Waals surface area contributed by atoms with Gasteiger partial charge < -0.3 is 5.32 Å². The van der Waals surface area contributed by atoms with Gasteiger partial charge in [-0.05, 0) is 65.2 Å². The Morgan fingerprint density at radius 3 is 2.65 bits per heavy atom. The number of nitrogens with one attached hydrogen (secondary N) is 1. The van der Waals surface area contributed by atoms with Crippen LogP contribution < -0.4 is 5.32 Å². The predicted molar refractivity (Wildman–Crippen MR) is 71.3 cm³/mol. The Hall–Kier alpha value is -0.120. The van der Waals surface area contributed by atoms with Crippen LogP contribution in [0.1, 0.15) is 39.0 Å². The van der Waals surface area contributed by atoms with E-state index in [0.717, 1.165) is 18.1 Å². The summed E-state index contributed by atoms with van der Waals surface area (Å²) in [6.45, 7) is 8.95. The average Bonchev–Trinajstić information content (AvgIpc) is 2.66. The molecule has 0 saturated carbocycles. The molecule has 0 aliphatic carbocycles. The largest absolute Gasteiger partial charge is 0.314 e. The Balaban J connectivity index is 1.62.